The molecule has 0 unspecified atom stereocenters. The molecule has 0 spiro atoms. The highest BCUT2D eigenvalue weighted by molar-refractivity contribution is 6.03. The predicted molar refractivity (Wildman–Crippen MR) is 96.0 cm³/mol. The maximum Gasteiger partial charge on any atom is 0.134 e. The Morgan fingerprint density at radius 3 is 2.57 bits per heavy atom. The predicted octanol–water partition coefficient (Wildman–Crippen LogP) is 3.59. The topological polar surface area (TPSA) is 60.2 Å². The van der Waals surface area contributed by atoms with Crippen molar-refractivity contribution in [3.8, 4) is 16.9 Å². The van der Waals surface area contributed by atoms with Crippen molar-refractivity contribution >= 4 is 16.6 Å². The number of nitrogens with zero attached hydrogens (tertiary/aromatic N) is 1. The second-order valence-corrected chi connectivity index (χ2v) is 5.41. The zero-order chi connectivity index (χ0) is 16.2. The number of aryl methyl sites for hydroxylation is 1. The number of hydrogen-bond donors (Lipinski definition) is 2. The molecule has 0 amide bonds. The molecule has 3 N–H and O–H groups in total. The summed E-state index contributed by atoms with van der Waals surface area (Å²) in [4.78, 5) is 4.76. The summed E-state index contributed by atoms with van der Waals surface area (Å²) < 4.78 is 5.41. The largest absolute Gasteiger partial charge is 0.497 e. The maximum atomic E-state index is 5.61. The molecule has 3 rings (SSSR count). The SMILES string of the molecule is COc1ccc2c(NCCN)nc(C)c(-c3ccccc3)c2c1. The van der Waals surface area contributed by atoms with E-state index in [1.807, 2.05) is 37.3 Å². The van der Waals surface area contributed by atoms with Gasteiger partial charge in [0.15, 0.2) is 0 Å². The van der Waals surface area contributed by atoms with Gasteiger partial charge in [-0.15, -0.1) is 0 Å². The van der Waals surface area contributed by atoms with Gasteiger partial charge in [0.1, 0.15) is 11.6 Å². The van der Waals surface area contributed by atoms with E-state index < -0.39 is 0 Å². The van der Waals surface area contributed by atoms with Crippen LogP contribution in [0.1, 0.15) is 5.69 Å². The summed E-state index contributed by atoms with van der Waals surface area (Å²) in [5, 5.41) is 5.52. The molecule has 0 radical (unpaired) electrons. The molecule has 1 heterocycles. The molecular weight excluding hydrogens is 286 g/mol. The molecule has 0 atom stereocenters. The molecule has 3 aromatic rings. The van der Waals surface area contributed by atoms with Gasteiger partial charge in [-0.1, -0.05) is 30.3 Å². The lowest BCUT2D eigenvalue weighted by atomic mass is 9.97. The van der Waals surface area contributed by atoms with Crippen molar-refractivity contribution in [1.29, 1.82) is 0 Å². The van der Waals surface area contributed by atoms with Crippen molar-refractivity contribution in [2.24, 2.45) is 5.73 Å². The quantitative estimate of drug-likeness (QED) is 0.756. The Bertz CT molecular complexity index is 816. The van der Waals surface area contributed by atoms with Crippen molar-refractivity contribution in [1.82, 2.24) is 4.98 Å². The van der Waals surface area contributed by atoms with E-state index in [9.17, 15) is 0 Å². The van der Waals surface area contributed by atoms with E-state index >= 15 is 0 Å². The van der Waals surface area contributed by atoms with Crippen molar-refractivity contribution in [3.63, 3.8) is 0 Å². The van der Waals surface area contributed by atoms with Crippen LogP contribution >= 0.6 is 0 Å². The highest BCUT2D eigenvalue weighted by atomic mass is 16.5. The smallest absolute Gasteiger partial charge is 0.134 e. The fourth-order valence-electron chi connectivity index (χ4n) is 2.84. The van der Waals surface area contributed by atoms with Crippen LogP contribution in [0.5, 0.6) is 5.75 Å². The molecule has 0 aliphatic carbocycles. The second kappa shape index (κ2) is 6.67. The Hall–Kier alpha value is -2.59. The molecule has 1 aromatic heterocycles. The summed E-state index contributed by atoms with van der Waals surface area (Å²) in [6.07, 6.45) is 0. The molecule has 0 bridgehead atoms. The molecule has 0 aliphatic rings. The molecule has 23 heavy (non-hydrogen) atoms. The molecular formula is C19H21N3O. The van der Waals surface area contributed by atoms with Gasteiger partial charge in [-0.2, -0.15) is 0 Å². The molecule has 4 heteroatoms. The van der Waals surface area contributed by atoms with Crippen LogP contribution in [-0.2, 0) is 0 Å². The molecule has 0 aliphatic heterocycles. The Balaban J connectivity index is 2.28. The van der Waals surface area contributed by atoms with Gasteiger partial charge in [-0.3, -0.25) is 0 Å². The standard InChI is InChI=1S/C19H21N3O/c1-13-18(14-6-4-3-5-7-14)17-12-15(23-2)8-9-16(17)19(22-13)21-11-10-20/h3-9,12H,10-11,20H2,1-2H3,(H,21,22). The van der Waals surface area contributed by atoms with Crippen molar-refractivity contribution in [3.05, 3.63) is 54.2 Å². The van der Waals surface area contributed by atoms with Crippen LogP contribution < -0.4 is 15.8 Å². The first-order valence-electron chi connectivity index (χ1n) is 7.72. The molecule has 118 valence electrons. The molecule has 0 fully saturated rings. The summed E-state index contributed by atoms with van der Waals surface area (Å²) >= 11 is 0. The first-order chi connectivity index (χ1) is 11.2. The Morgan fingerprint density at radius 1 is 1.09 bits per heavy atom. The normalized spacial score (nSPS) is 10.7. The van der Waals surface area contributed by atoms with Crippen LogP contribution in [0.4, 0.5) is 5.82 Å². The first-order valence-corrected chi connectivity index (χ1v) is 7.72. The van der Waals surface area contributed by atoms with E-state index in [1.54, 1.807) is 7.11 Å². The fraction of sp³-hybridized carbons (Fsp3) is 0.211. The number of benzene rings is 2. The Morgan fingerprint density at radius 2 is 1.87 bits per heavy atom. The molecule has 0 saturated heterocycles. The summed E-state index contributed by atoms with van der Waals surface area (Å²) in [7, 11) is 1.69. The minimum atomic E-state index is 0.568. The van der Waals surface area contributed by atoms with Gasteiger partial charge in [0, 0.05) is 29.7 Å². The van der Waals surface area contributed by atoms with Gasteiger partial charge in [0.2, 0.25) is 0 Å². The minimum absolute atomic E-state index is 0.568. The van der Waals surface area contributed by atoms with E-state index in [-0.39, 0.29) is 0 Å². The lowest BCUT2D eigenvalue weighted by Gasteiger charge is -2.16. The Labute approximate surface area is 136 Å². The minimum Gasteiger partial charge on any atom is -0.497 e. The zero-order valence-electron chi connectivity index (χ0n) is 13.5. The highest BCUT2D eigenvalue weighted by Gasteiger charge is 2.13. The zero-order valence-corrected chi connectivity index (χ0v) is 13.5. The van der Waals surface area contributed by atoms with Gasteiger partial charge in [0.25, 0.3) is 0 Å². The van der Waals surface area contributed by atoms with Gasteiger partial charge >= 0.3 is 0 Å². The number of nitrogens with two attached hydrogens (primary N) is 1. The number of ether oxygens (including phenoxy) is 1. The highest BCUT2D eigenvalue weighted by Crippen LogP contribution is 2.36. The number of rotatable bonds is 5. The molecule has 0 saturated carbocycles. The third-order valence-corrected chi connectivity index (χ3v) is 3.89. The van der Waals surface area contributed by atoms with E-state index in [0.717, 1.165) is 39.2 Å². The lowest BCUT2D eigenvalue weighted by Crippen LogP contribution is -2.14. The van der Waals surface area contributed by atoms with E-state index in [2.05, 4.69) is 23.5 Å². The van der Waals surface area contributed by atoms with Crippen molar-refractivity contribution in [2.75, 3.05) is 25.5 Å². The lowest BCUT2D eigenvalue weighted by molar-refractivity contribution is 0.415. The van der Waals surface area contributed by atoms with Gasteiger partial charge in [0.05, 0.1) is 7.11 Å². The van der Waals surface area contributed by atoms with Crippen molar-refractivity contribution < 1.29 is 4.74 Å². The number of methoxy groups -OCH3 is 1. The average molecular weight is 307 g/mol. The van der Waals surface area contributed by atoms with E-state index in [0.29, 0.717) is 13.1 Å². The monoisotopic (exact) mass is 307 g/mol. The van der Waals surface area contributed by atoms with Crippen LogP contribution in [0.3, 0.4) is 0 Å². The van der Waals surface area contributed by atoms with Crippen LogP contribution in [0.15, 0.2) is 48.5 Å². The fourth-order valence-corrected chi connectivity index (χ4v) is 2.84. The maximum absolute atomic E-state index is 5.61. The second-order valence-electron chi connectivity index (χ2n) is 5.41. The third kappa shape index (κ3) is 2.98. The van der Waals surface area contributed by atoms with Crippen LogP contribution in [0.25, 0.3) is 21.9 Å². The van der Waals surface area contributed by atoms with Crippen LogP contribution in [0, 0.1) is 6.92 Å². The van der Waals surface area contributed by atoms with Crippen LogP contribution in [0.2, 0.25) is 0 Å². The van der Waals surface area contributed by atoms with E-state index in [4.69, 9.17) is 15.5 Å². The summed E-state index contributed by atoms with van der Waals surface area (Å²) in [6.45, 7) is 3.30. The summed E-state index contributed by atoms with van der Waals surface area (Å²) in [5.41, 5.74) is 8.89. The number of aromatic nitrogens is 1. The summed E-state index contributed by atoms with van der Waals surface area (Å²) in [6, 6.07) is 16.4. The van der Waals surface area contributed by atoms with Gasteiger partial charge in [-0.05, 0) is 36.1 Å². The van der Waals surface area contributed by atoms with Gasteiger partial charge < -0.3 is 15.8 Å². The average Bonchev–Trinajstić information content (AvgIpc) is 2.59. The number of anilines is 1. The van der Waals surface area contributed by atoms with Gasteiger partial charge in [-0.25, -0.2) is 4.98 Å². The molecule has 2 aromatic carbocycles. The van der Waals surface area contributed by atoms with Crippen molar-refractivity contribution in [2.45, 2.75) is 6.92 Å². The Kier molecular flexibility index (Phi) is 4.44. The first kappa shape index (κ1) is 15.3. The van der Waals surface area contributed by atoms with E-state index in [1.165, 1.54) is 0 Å². The number of fused-ring (bicyclic) bond motifs is 1. The number of nitrogens with one attached hydrogen (secondary N) is 1. The summed E-state index contributed by atoms with van der Waals surface area (Å²) in [5.74, 6) is 1.70. The third-order valence-electron chi connectivity index (χ3n) is 3.89. The van der Waals surface area contributed by atoms with Crippen LogP contribution in [-0.4, -0.2) is 25.2 Å². The number of hydrogen-bond acceptors (Lipinski definition) is 4. The molecule has 4 nitrogen and oxygen atoms in total. The number of pyridine rings is 1.